The average Bonchev–Trinajstić information content (AvgIpc) is 2.72. The van der Waals surface area contributed by atoms with E-state index in [1.54, 1.807) is 11.0 Å². The molecular weight excluding hydrogens is 455 g/mol. The maximum Gasteiger partial charge on any atom is 0.410 e. The Morgan fingerprint density at radius 3 is 2.56 bits per heavy atom. The van der Waals surface area contributed by atoms with Crippen LogP contribution < -0.4 is 11.1 Å². The molecule has 3 N–H and O–H groups in total. The molecule has 2 aromatic heterocycles. The molecule has 0 bridgehead atoms. The molecule has 8 nitrogen and oxygen atoms in total. The van der Waals surface area contributed by atoms with E-state index >= 15 is 0 Å². The van der Waals surface area contributed by atoms with Crippen molar-refractivity contribution in [2.45, 2.75) is 57.2 Å². The first-order chi connectivity index (χ1) is 15.0. The van der Waals surface area contributed by atoms with Crippen molar-refractivity contribution in [3.8, 4) is 6.07 Å². The van der Waals surface area contributed by atoms with Crippen molar-refractivity contribution in [2.24, 2.45) is 0 Å². The summed E-state index contributed by atoms with van der Waals surface area (Å²) in [7, 11) is 0. The number of rotatable bonds is 3. The van der Waals surface area contributed by atoms with Gasteiger partial charge < -0.3 is 20.7 Å². The van der Waals surface area contributed by atoms with Crippen molar-refractivity contribution >= 4 is 51.7 Å². The van der Waals surface area contributed by atoms with E-state index in [2.05, 4.69) is 15.3 Å². The van der Waals surface area contributed by atoms with Crippen LogP contribution in [0.1, 0.15) is 40.5 Å². The van der Waals surface area contributed by atoms with Gasteiger partial charge in [0.15, 0.2) is 11.0 Å². The van der Waals surface area contributed by atoms with Crippen molar-refractivity contribution < 1.29 is 13.9 Å². The van der Waals surface area contributed by atoms with Gasteiger partial charge in [-0.3, -0.25) is 0 Å². The number of fused-ring (bicyclic) bond motifs is 1. The molecule has 1 aliphatic heterocycles. The van der Waals surface area contributed by atoms with Crippen LogP contribution in [0.15, 0.2) is 11.2 Å². The van der Waals surface area contributed by atoms with Crippen LogP contribution in [0.4, 0.5) is 20.6 Å². The zero-order valence-corrected chi connectivity index (χ0v) is 20.4. The minimum atomic E-state index is -0.665. The van der Waals surface area contributed by atoms with Gasteiger partial charge >= 0.3 is 6.09 Å². The second-order valence-electron chi connectivity index (χ2n) is 8.14. The number of nitrogens with two attached hydrogens (primary N) is 1. The predicted molar refractivity (Wildman–Crippen MR) is 126 cm³/mol. The molecule has 0 atom stereocenters. The van der Waals surface area contributed by atoms with Crippen molar-refractivity contribution in [2.75, 3.05) is 30.4 Å². The van der Waals surface area contributed by atoms with Crippen LogP contribution in [0.3, 0.4) is 0 Å². The molecule has 174 valence electrons. The van der Waals surface area contributed by atoms with E-state index in [9.17, 15) is 9.18 Å². The standard InChI is InChI=1S/C19H25ClFN5O2S.C2H3N/c1-19(2,3)28-18(27)26-7-5-10(6-8-26)24-15-11-9-23-16(20)12(21)14(11)25-17(29-4)13(15)22;1-2-3/h9-10H,5-8,22H2,1-4H3,(H,24,25);1H3. The summed E-state index contributed by atoms with van der Waals surface area (Å²) in [5, 5.41) is 11.5. The molecule has 0 aromatic carbocycles. The van der Waals surface area contributed by atoms with Crippen LogP contribution >= 0.6 is 23.4 Å². The van der Waals surface area contributed by atoms with Gasteiger partial charge in [0.25, 0.3) is 0 Å². The van der Waals surface area contributed by atoms with Gasteiger partial charge in [-0.15, -0.1) is 11.8 Å². The minimum Gasteiger partial charge on any atom is -0.444 e. The van der Waals surface area contributed by atoms with Gasteiger partial charge in [-0.2, -0.15) is 5.26 Å². The van der Waals surface area contributed by atoms with E-state index in [0.717, 1.165) is 0 Å². The third-order valence-corrected chi connectivity index (χ3v) is 5.58. The molecule has 0 unspecified atom stereocenters. The number of nitrogens with zero attached hydrogens (tertiary/aromatic N) is 4. The van der Waals surface area contributed by atoms with Gasteiger partial charge in [0.05, 0.1) is 17.4 Å². The zero-order valence-electron chi connectivity index (χ0n) is 18.8. The highest BCUT2D eigenvalue weighted by Gasteiger charge is 2.28. The van der Waals surface area contributed by atoms with Crippen LogP contribution in [0, 0.1) is 17.1 Å². The summed E-state index contributed by atoms with van der Waals surface area (Å²) in [6.45, 7) is 8.09. The molecule has 32 heavy (non-hydrogen) atoms. The number of thioether (sulfide) groups is 1. The number of anilines is 2. The lowest BCUT2D eigenvalue weighted by Crippen LogP contribution is -2.44. The van der Waals surface area contributed by atoms with Gasteiger partial charge in [0, 0.05) is 37.6 Å². The molecule has 0 spiro atoms. The fourth-order valence-corrected chi connectivity index (χ4v) is 3.85. The quantitative estimate of drug-likeness (QED) is 0.460. The number of nitrogens with one attached hydrogen (secondary N) is 1. The zero-order chi connectivity index (χ0) is 24.1. The number of hydrogen-bond acceptors (Lipinski definition) is 8. The van der Waals surface area contributed by atoms with E-state index in [4.69, 9.17) is 27.3 Å². The molecule has 1 saturated heterocycles. The summed E-state index contributed by atoms with van der Waals surface area (Å²) < 4.78 is 19.9. The maximum atomic E-state index is 14.5. The van der Waals surface area contributed by atoms with Crippen molar-refractivity contribution in [3.63, 3.8) is 0 Å². The molecule has 0 aliphatic carbocycles. The highest BCUT2D eigenvalue weighted by molar-refractivity contribution is 7.98. The maximum absolute atomic E-state index is 14.5. The van der Waals surface area contributed by atoms with Crippen molar-refractivity contribution in [1.82, 2.24) is 14.9 Å². The lowest BCUT2D eigenvalue weighted by atomic mass is 10.0. The number of carbonyl (C=O) groups excluding carboxylic acids is 1. The Kier molecular flexibility index (Phi) is 8.75. The number of amides is 1. The number of likely N-dealkylation sites (tertiary alicyclic amines) is 1. The van der Waals surface area contributed by atoms with Gasteiger partial charge in [-0.25, -0.2) is 19.2 Å². The summed E-state index contributed by atoms with van der Waals surface area (Å²) in [4.78, 5) is 22.2. The molecule has 0 saturated carbocycles. The van der Waals surface area contributed by atoms with Crippen LogP contribution in [-0.4, -0.2) is 51.9 Å². The van der Waals surface area contributed by atoms with Crippen molar-refractivity contribution in [3.05, 3.63) is 17.2 Å². The Bertz CT molecular complexity index is 1020. The second kappa shape index (κ2) is 10.9. The van der Waals surface area contributed by atoms with Gasteiger partial charge in [0.1, 0.15) is 16.1 Å². The van der Waals surface area contributed by atoms with E-state index in [1.165, 1.54) is 24.9 Å². The Morgan fingerprint density at radius 1 is 1.44 bits per heavy atom. The minimum absolute atomic E-state index is 0.0648. The van der Waals surface area contributed by atoms with Crippen molar-refractivity contribution in [1.29, 1.82) is 5.26 Å². The molecule has 11 heteroatoms. The topological polar surface area (TPSA) is 117 Å². The monoisotopic (exact) mass is 482 g/mol. The van der Waals surface area contributed by atoms with Crippen LogP contribution in [0.25, 0.3) is 10.9 Å². The Balaban J connectivity index is 0.00000114. The van der Waals surface area contributed by atoms with Crippen LogP contribution in [0.5, 0.6) is 0 Å². The third kappa shape index (κ3) is 6.26. The lowest BCUT2D eigenvalue weighted by molar-refractivity contribution is 0.0210. The molecule has 1 fully saturated rings. The highest BCUT2D eigenvalue weighted by Crippen LogP contribution is 2.37. The average molecular weight is 483 g/mol. The Morgan fingerprint density at radius 2 is 2.03 bits per heavy atom. The van der Waals surface area contributed by atoms with E-state index in [0.29, 0.717) is 47.7 Å². The number of pyridine rings is 2. The first-order valence-corrected chi connectivity index (χ1v) is 11.6. The lowest BCUT2D eigenvalue weighted by Gasteiger charge is -2.34. The summed E-state index contributed by atoms with van der Waals surface area (Å²) in [6.07, 6.45) is 4.41. The van der Waals surface area contributed by atoms with Gasteiger partial charge in [-0.1, -0.05) is 11.6 Å². The Labute approximate surface area is 196 Å². The normalized spacial score (nSPS) is 14.4. The number of piperidine rings is 1. The summed E-state index contributed by atoms with van der Waals surface area (Å²) in [5.74, 6) is -0.665. The first kappa shape index (κ1) is 25.7. The number of nitrogen functional groups attached to an aromatic ring is 1. The number of carbonyl (C=O) groups is 1. The predicted octanol–water partition coefficient (Wildman–Crippen LogP) is 5.07. The molecule has 0 radical (unpaired) electrons. The number of hydrogen-bond donors (Lipinski definition) is 2. The summed E-state index contributed by atoms with van der Waals surface area (Å²) in [6, 6.07) is 1.81. The molecule has 3 heterocycles. The molecular formula is C21H28ClFN6O2S. The third-order valence-electron chi connectivity index (χ3n) is 4.62. The van der Waals surface area contributed by atoms with E-state index in [1.807, 2.05) is 27.0 Å². The molecule has 2 aromatic rings. The number of halogens is 2. The SMILES string of the molecule is CC#N.CSc1nc2c(F)c(Cl)ncc2c(NC2CCN(C(=O)OC(C)(C)C)CC2)c1N. The second-order valence-corrected chi connectivity index (χ2v) is 9.30. The Hall–Kier alpha value is -2.51. The first-order valence-electron chi connectivity index (χ1n) is 10.0. The fraction of sp³-hybridized carbons (Fsp3) is 0.524. The molecule has 1 aliphatic rings. The van der Waals surface area contributed by atoms with Crippen LogP contribution in [0.2, 0.25) is 5.15 Å². The van der Waals surface area contributed by atoms with E-state index in [-0.39, 0.29) is 22.8 Å². The fourth-order valence-electron chi connectivity index (χ4n) is 3.21. The molecule has 1 amide bonds. The number of aromatic nitrogens is 2. The highest BCUT2D eigenvalue weighted by atomic mass is 35.5. The van der Waals surface area contributed by atoms with Gasteiger partial charge in [-0.05, 0) is 39.9 Å². The summed E-state index contributed by atoms with van der Waals surface area (Å²) in [5.41, 5.74) is 6.95. The number of ether oxygens (including phenoxy) is 1. The molecule has 3 rings (SSSR count). The van der Waals surface area contributed by atoms with E-state index < -0.39 is 11.4 Å². The van der Waals surface area contributed by atoms with Crippen LogP contribution in [-0.2, 0) is 4.74 Å². The summed E-state index contributed by atoms with van der Waals surface area (Å²) >= 11 is 7.16. The smallest absolute Gasteiger partial charge is 0.410 e. The largest absolute Gasteiger partial charge is 0.444 e. The van der Waals surface area contributed by atoms with Gasteiger partial charge in [0.2, 0.25) is 0 Å². The number of nitriles is 1.